The molecule has 3 aliphatic heterocycles. The van der Waals surface area contributed by atoms with E-state index in [2.05, 4.69) is 0 Å². The number of cyclic esters (lactones) is 1. The standard InChI is InChI=1S/C49H77NO12/c1-29-14-10-9-11-15-30(2)40(52)26-37-19-17-35(7)49(59,62-37)28-44(54)50-21-13-12-16-38(50)48(58)61-42(32(4)24-36-18-20-39(51)43(25-36)60-8)27-41(53)31(3)23-34(6)46(56)47(57)45(55)33(5)22-29/h9-11,14-15,29,31-40,42-43,45,51-52,55,59H,12-13,16-28H2,1-8H3/b11-9?,14-10+,30-15?/t29-,31-,32-,33-,34?,35-,36+,37+,38+,39-,40+,42+,43-,45?,49+/m1/s1. The van der Waals surface area contributed by atoms with E-state index in [1.54, 1.807) is 47.0 Å². The minimum absolute atomic E-state index is 0.0262. The second-order valence-electron chi connectivity index (χ2n) is 19.6. The van der Waals surface area contributed by atoms with Crippen molar-refractivity contribution in [1.82, 2.24) is 4.90 Å². The Kier molecular flexibility index (Phi) is 19.7. The van der Waals surface area contributed by atoms with Gasteiger partial charge in [0, 0.05) is 44.2 Å². The topological polar surface area (TPSA) is 197 Å². The number of Topliss-reactive ketones (excluding diaryl/α,β-unsaturated/α-hetero) is 3. The summed E-state index contributed by atoms with van der Waals surface area (Å²) in [6, 6.07) is -0.937. The van der Waals surface area contributed by atoms with Crippen LogP contribution in [0, 0.1) is 41.4 Å². The minimum atomic E-state index is -1.81. The minimum Gasteiger partial charge on any atom is -0.460 e. The Morgan fingerprint density at radius 2 is 1.58 bits per heavy atom. The lowest BCUT2D eigenvalue weighted by atomic mass is 9.78. The number of hydrogen-bond acceptors (Lipinski definition) is 12. The average Bonchev–Trinajstić information content (AvgIpc) is 3.23. The Morgan fingerprint density at radius 1 is 0.855 bits per heavy atom. The molecule has 0 aromatic heterocycles. The third kappa shape index (κ3) is 14.2. The molecular formula is C49H77NO12. The van der Waals surface area contributed by atoms with E-state index in [0.29, 0.717) is 63.4 Å². The molecule has 1 amide bonds. The summed E-state index contributed by atoms with van der Waals surface area (Å²) in [5.41, 5.74) is 0.692. The number of piperidine rings is 1. The summed E-state index contributed by atoms with van der Waals surface area (Å²) in [4.78, 5) is 70.5. The Hall–Kier alpha value is -3.07. The third-order valence-corrected chi connectivity index (χ3v) is 14.3. The van der Waals surface area contributed by atoms with Gasteiger partial charge in [0.15, 0.2) is 5.79 Å². The summed E-state index contributed by atoms with van der Waals surface area (Å²) >= 11 is 0. The maximum absolute atomic E-state index is 14.3. The van der Waals surface area contributed by atoms with Crippen LogP contribution in [0.2, 0.25) is 0 Å². The van der Waals surface area contributed by atoms with Gasteiger partial charge >= 0.3 is 5.97 Å². The second kappa shape index (κ2) is 23.7. The van der Waals surface area contributed by atoms with E-state index >= 15 is 0 Å². The first-order chi connectivity index (χ1) is 29.2. The van der Waals surface area contributed by atoms with Crippen LogP contribution in [0.4, 0.5) is 0 Å². The van der Waals surface area contributed by atoms with Crippen LogP contribution in [0.3, 0.4) is 0 Å². The second-order valence-corrected chi connectivity index (χ2v) is 19.6. The predicted octanol–water partition coefficient (Wildman–Crippen LogP) is 5.98. The molecule has 0 aromatic rings. The van der Waals surface area contributed by atoms with Gasteiger partial charge in [-0.05, 0) is 107 Å². The summed E-state index contributed by atoms with van der Waals surface area (Å²) < 4.78 is 18.1. The normalized spacial score (nSPS) is 39.7. The molecule has 2 saturated heterocycles. The molecule has 1 aliphatic carbocycles. The maximum Gasteiger partial charge on any atom is 0.329 e. The number of hydrogen-bond donors (Lipinski definition) is 4. The molecule has 4 rings (SSSR count). The molecule has 62 heavy (non-hydrogen) atoms. The number of ether oxygens (including phenoxy) is 3. The smallest absolute Gasteiger partial charge is 0.329 e. The first-order valence-corrected chi connectivity index (χ1v) is 23.3. The number of carbonyl (C=O) groups excluding carboxylic acids is 5. The van der Waals surface area contributed by atoms with Crippen LogP contribution in [-0.4, -0.2) is 117 Å². The quantitative estimate of drug-likeness (QED) is 0.191. The number of fused-ring (bicyclic) bond motifs is 3. The van der Waals surface area contributed by atoms with Gasteiger partial charge in [-0.1, -0.05) is 71.9 Å². The molecule has 3 heterocycles. The molecule has 2 unspecified atom stereocenters. The van der Waals surface area contributed by atoms with Gasteiger partial charge in [0.2, 0.25) is 17.5 Å². The number of ketones is 3. The van der Waals surface area contributed by atoms with Crippen molar-refractivity contribution in [3.05, 3.63) is 36.0 Å². The Balaban J connectivity index is 1.62. The fourth-order valence-electron chi connectivity index (χ4n) is 9.91. The van der Waals surface area contributed by atoms with E-state index in [1.807, 2.05) is 39.0 Å². The summed E-state index contributed by atoms with van der Waals surface area (Å²) in [6.45, 7) is 12.8. The van der Waals surface area contributed by atoms with E-state index in [0.717, 1.165) is 6.42 Å². The van der Waals surface area contributed by atoms with Crippen molar-refractivity contribution in [3.63, 3.8) is 0 Å². The van der Waals surface area contributed by atoms with Crippen molar-refractivity contribution in [3.8, 4) is 0 Å². The fourth-order valence-corrected chi connectivity index (χ4v) is 9.91. The fraction of sp³-hybridized carbons (Fsp3) is 0.776. The van der Waals surface area contributed by atoms with Crippen molar-refractivity contribution in [2.45, 2.75) is 187 Å². The lowest BCUT2D eigenvalue weighted by Crippen LogP contribution is -2.54. The number of carbonyl (C=O) groups is 5. The highest BCUT2D eigenvalue weighted by atomic mass is 16.6. The van der Waals surface area contributed by atoms with Gasteiger partial charge in [-0.25, -0.2) is 4.79 Å². The van der Waals surface area contributed by atoms with Gasteiger partial charge in [0.05, 0.1) is 30.8 Å². The molecule has 4 aliphatic rings. The summed E-state index contributed by atoms with van der Waals surface area (Å²) in [6.07, 6.45) is 10.2. The van der Waals surface area contributed by atoms with Crippen molar-refractivity contribution < 1.29 is 58.6 Å². The molecule has 13 nitrogen and oxygen atoms in total. The van der Waals surface area contributed by atoms with Crippen LogP contribution < -0.4 is 0 Å². The number of nitrogens with zero attached hydrogens (tertiary/aromatic N) is 1. The summed E-state index contributed by atoms with van der Waals surface area (Å²) in [7, 11) is 1.57. The summed E-state index contributed by atoms with van der Waals surface area (Å²) in [5, 5.41) is 44.4. The van der Waals surface area contributed by atoms with Crippen molar-refractivity contribution in [2.75, 3.05) is 13.7 Å². The molecule has 1 saturated carbocycles. The van der Waals surface area contributed by atoms with Crippen LogP contribution in [0.1, 0.15) is 138 Å². The zero-order chi connectivity index (χ0) is 45.9. The monoisotopic (exact) mass is 872 g/mol. The molecule has 0 radical (unpaired) electrons. The van der Waals surface area contributed by atoms with E-state index in [9.17, 15) is 44.4 Å². The van der Waals surface area contributed by atoms with Crippen LogP contribution >= 0.6 is 0 Å². The van der Waals surface area contributed by atoms with Gasteiger partial charge in [0.1, 0.15) is 24.0 Å². The average molecular weight is 872 g/mol. The van der Waals surface area contributed by atoms with Gasteiger partial charge in [-0.2, -0.15) is 0 Å². The molecule has 13 heteroatoms. The molecule has 3 fully saturated rings. The highest BCUT2D eigenvalue weighted by Crippen LogP contribution is 2.38. The zero-order valence-corrected chi connectivity index (χ0v) is 38.6. The summed E-state index contributed by atoms with van der Waals surface area (Å²) in [5.74, 6) is -7.30. The highest BCUT2D eigenvalue weighted by Gasteiger charge is 2.46. The lowest BCUT2D eigenvalue weighted by molar-refractivity contribution is -0.283. The van der Waals surface area contributed by atoms with Gasteiger partial charge < -0.3 is 39.5 Å². The van der Waals surface area contributed by atoms with E-state index in [1.165, 1.54) is 4.90 Å². The molecule has 2 bridgehead atoms. The van der Waals surface area contributed by atoms with E-state index in [4.69, 9.17) is 14.2 Å². The van der Waals surface area contributed by atoms with Crippen LogP contribution in [0.15, 0.2) is 36.0 Å². The first kappa shape index (κ1) is 51.6. The molecule has 15 atom stereocenters. The van der Waals surface area contributed by atoms with Crippen molar-refractivity contribution >= 4 is 29.2 Å². The largest absolute Gasteiger partial charge is 0.460 e. The van der Waals surface area contributed by atoms with Gasteiger partial charge in [-0.15, -0.1) is 0 Å². The highest BCUT2D eigenvalue weighted by molar-refractivity contribution is 6.39. The Morgan fingerprint density at radius 3 is 2.29 bits per heavy atom. The SMILES string of the molecule is CO[C@@H]1C[C@H](C[C@@H](C)[C@@H]2CC(=O)[C@H](C)CC(C)C(=O)C(=O)C(O)[C@H](C)C[C@H](C)/C=C/C=CC=C(C)[C@@H](O)C[C@@H]3CC[C@@H](C)[C@](O)(CC(=O)N4CCCC[C@H]4C(=O)O2)O3)CC[C@H]1O. The number of allylic oxidation sites excluding steroid dienone is 5. The number of aliphatic hydroxyl groups excluding tert-OH is 3. The third-order valence-electron chi connectivity index (χ3n) is 14.3. The molecule has 0 aromatic carbocycles. The van der Waals surface area contributed by atoms with Crippen LogP contribution in [0.5, 0.6) is 0 Å². The van der Waals surface area contributed by atoms with Crippen molar-refractivity contribution in [2.24, 2.45) is 41.4 Å². The Labute approximate surface area is 369 Å². The number of esters is 1. The predicted molar refractivity (Wildman–Crippen MR) is 234 cm³/mol. The number of rotatable bonds is 4. The Bertz CT molecular complexity index is 1620. The van der Waals surface area contributed by atoms with Crippen molar-refractivity contribution in [1.29, 1.82) is 0 Å². The van der Waals surface area contributed by atoms with Gasteiger partial charge in [-0.3, -0.25) is 19.2 Å². The van der Waals surface area contributed by atoms with Crippen LogP contribution in [0.25, 0.3) is 0 Å². The number of amides is 1. The van der Waals surface area contributed by atoms with E-state index < -0.39 is 83.5 Å². The van der Waals surface area contributed by atoms with Gasteiger partial charge in [0.25, 0.3) is 0 Å². The molecule has 350 valence electrons. The molecule has 0 spiro atoms. The number of aliphatic hydroxyl groups is 4. The molecule has 4 N–H and O–H groups in total. The lowest BCUT2D eigenvalue weighted by Gasteiger charge is -2.44. The number of methoxy groups -OCH3 is 1. The molecular weight excluding hydrogens is 795 g/mol. The zero-order valence-electron chi connectivity index (χ0n) is 38.6. The maximum atomic E-state index is 14.3. The van der Waals surface area contributed by atoms with E-state index in [-0.39, 0.29) is 67.8 Å². The first-order valence-electron chi connectivity index (χ1n) is 23.3. The van der Waals surface area contributed by atoms with Crippen LogP contribution in [-0.2, 0) is 38.2 Å².